The number of aryl methyl sites for hydroxylation is 1. The van der Waals surface area contributed by atoms with Crippen LogP contribution in [0.4, 0.5) is 0 Å². The molecule has 1 aliphatic rings. The number of benzene rings is 1. The van der Waals surface area contributed by atoms with Crippen molar-refractivity contribution in [3.63, 3.8) is 0 Å². The molecular formula is C18H23IN4. The molecule has 0 amide bonds. The van der Waals surface area contributed by atoms with Crippen molar-refractivity contribution in [2.24, 2.45) is 4.99 Å². The minimum absolute atomic E-state index is 0. The third kappa shape index (κ3) is 4.22. The average Bonchev–Trinajstić information content (AvgIpc) is 2.57. The molecule has 2 aromatic rings. The number of nitrogens with zero attached hydrogens (tertiary/aromatic N) is 3. The number of aromatic nitrogens is 1. The van der Waals surface area contributed by atoms with E-state index >= 15 is 0 Å². The first-order valence-corrected chi connectivity index (χ1v) is 7.71. The minimum atomic E-state index is 0. The van der Waals surface area contributed by atoms with Crippen LogP contribution < -0.4 is 5.32 Å². The second-order valence-electron chi connectivity index (χ2n) is 5.61. The zero-order chi connectivity index (χ0) is 15.4. The Bertz CT molecular complexity index is 684. The van der Waals surface area contributed by atoms with Crippen molar-refractivity contribution in [2.75, 3.05) is 13.6 Å². The first-order chi connectivity index (χ1) is 10.8. The van der Waals surface area contributed by atoms with E-state index in [9.17, 15) is 0 Å². The second-order valence-corrected chi connectivity index (χ2v) is 5.61. The third-order valence-electron chi connectivity index (χ3n) is 4.17. The topological polar surface area (TPSA) is 40.5 Å². The Kier molecular flexibility index (Phi) is 6.38. The summed E-state index contributed by atoms with van der Waals surface area (Å²) in [4.78, 5) is 11.2. The minimum Gasteiger partial charge on any atom is -0.351 e. The number of hydrogen-bond donors (Lipinski definition) is 1. The monoisotopic (exact) mass is 422 g/mol. The highest BCUT2D eigenvalue weighted by Gasteiger charge is 2.18. The van der Waals surface area contributed by atoms with Gasteiger partial charge < -0.3 is 10.2 Å². The molecule has 0 saturated heterocycles. The molecule has 4 nitrogen and oxygen atoms in total. The molecule has 1 aromatic heterocycles. The Balaban J connectivity index is 0.00000192. The molecule has 3 rings (SSSR count). The molecule has 5 heteroatoms. The van der Waals surface area contributed by atoms with E-state index in [2.05, 4.69) is 57.4 Å². The van der Waals surface area contributed by atoms with E-state index in [0.717, 1.165) is 31.2 Å². The van der Waals surface area contributed by atoms with Gasteiger partial charge in [-0.1, -0.05) is 30.3 Å². The lowest BCUT2D eigenvalue weighted by atomic mass is 10.0. The van der Waals surface area contributed by atoms with Crippen LogP contribution in [0.25, 0.3) is 0 Å². The summed E-state index contributed by atoms with van der Waals surface area (Å²) in [6.45, 7) is 4.70. The van der Waals surface area contributed by atoms with E-state index in [1.807, 2.05) is 19.3 Å². The van der Waals surface area contributed by atoms with Gasteiger partial charge in [0.1, 0.15) is 0 Å². The zero-order valence-electron chi connectivity index (χ0n) is 13.6. The fourth-order valence-corrected chi connectivity index (χ4v) is 2.88. The third-order valence-corrected chi connectivity index (χ3v) is 4.17. The van der Waals surface area contributed by atoms with Gasteiger partial charge in [-0.2, -0.15) is 0 Å². The summed E-state index contributed by atoms with van der Waals surface area (Å²) < 4.78 is 0. The Morgan fingerprint density at radius 3 is 2.74 bits per heavy atom. The molecule has 1 aromatic carbocycles. The number of halogens is 1. The highest BCUT2D eigenvalue weighted by Crippen LogP contribution is 2.18. The number of pyridine rings is 1. The molecule has 1 N–H and O–H groups in total. The van der Waals surface area contributed by atoms with Gasteiger partial charge in [0.25, 0.3) is 0 Å². The summed E-state index contributed by atoms with van der Waals surface area (Å²) in [7, 11) is 1.84. The number of hydrogen-bond acceptors (Lipinski definition) is 2. The molecular weight excluding hydrogens is 399 g/mol. The maximum Gasteiger partial charge on any atom is 0.194 e. The van der Waals surface area contributed by atoms with Crippen LogP contribution in [0.15, 0.2) is 47.6 Å². The molecule has 0 bridgehead atoms. The van der Waals surface area contributed by atoms with Gasteiger partial charge in [0.2, 0.25) is 0 Å². The van der Waals surface area contributed by atoms with Gasteiger partial charge in [-0.15, -0.1) is 24.0 Å². The summed E-state index contributed by atoms with van der Waals surface area (Å²) in [5, 5.41) is 3.44. The van der Waals surface area contributed by atoms with E-state index < -0.39 is 0 Å². The van der Waals surface area contributed by atoms with Gasteiger partial charge in [-0.05, 0) is 36.1 Å². The first-order valence-electron chi connectivity index (χ1n) is 7.71. The molecule has 0 fully saturated rings. The van der Waals surface area contributed by atoms with Gasteiger partial charge in [-0.25, -0.2) is 0 Å². The largest absolute Gasteiger partial charge is 0.351 e. The van der Waals surface area contributed by atoms with Crippen LogP contribution in [-0.4, -0.2) is 29.4 Å². The van der Waals surface area contributed by atoms with Crippen LogP contribution in [0, 0.1) is 6.92 Å². The zero-order valence-corrected chi connectivity index (χ0v) is 16.0. The van der Waals surface area contributed by atoms with Crippen LogP contribution in [0.2, 0.25) is 0 Å². The van der Waals surface area contributed by atoms with E-state index in [1.165, 1.54) is 16.7 Å². The lowest BCUT2D eigenvalue weighted by Gasteiger charge is -2.31. The number of guanidine groups is 1. The number of nitrogens with one attached hydrogen (secondary N) is 1. The van der Waals surface area contributed by atoms with E-state index in [-0.39, 0.29) is 24.0 Å². The average molecular weight is 422 g/mol. The predicted molar refractivity (Wildman–Crippen MR) is 105 cm³/mol. The first kappa shape index (κ1) is 17.7. The predicted octanol–water partition coefficient (Wildman–Crippen LogP) is 3.14. The highest BCUT2D eigenvalue weighted by molar-refractivity contribution is 14.0. The van der Waals surface area contributed by atoms with Gasteiger partial charge in [-0.3, -0.25) is 9.98 Å². The van der Waals surface area contributed by atoms with Crippen molar-refractivity contribution < 1.29 is 0 Å². The Labute approximate surface area is 155 Å². The lowest BCUT2D eigenvalue weighted by Crippen LogP contribution is -2.43. The summed E-state index contributed by atoms with van der Waals surface area (Å²) in [6, 6.07) is 12.7. The molecule has 0 unspecified atom stereocenters. The van der Waals surface area contributed by atoms with Crippen LogP contribution >= 0.6 is 24.0 Å². The fraction of sp³-hybridized carbons (Fsp3) is 0.333. The molecule has 0 spiro atoms. The van der Waals surface area contributed by atoms with Crippen molar-refractivity contribution in [3.8, 4) is 0 Å². The molecule has 1 aliphatic heterocycles. The summed E-state index contributed by atoms with van der Waals surface area (Å²) in [5.74, 6) is 0.944. The van der Waals surface area contributed by atoms with Gasteiger partial charge in [0.05, 0.1) is 12.2 Å². The van der Waals surface area contributed by atoms with Crippen molar-refractivity contribution >= 4 is 29.9 Å². The van der Waals surface area contributed by atoms with Crippen LogP contribution in [0.3, 0.4) is 0 Å². The maximum absolute atomic E-state index is 4.43. The number of fused-ring (bicyclic) bond motifs is 1. The molecule has 122 valence electrons. The van der Waals surface area contributed by atoms with Crippen molar-refractivity contribution in [1.82, 2.24) is 15.2 Å². The number of rotatable bonds is 2. The van der Waals surface area contributed by atoms with Gasteiger partial charge >= 0.3 is 0 Å². The molecule has 0 aliphatic carbocycles. The summed E-state index contributed by atoms with van der Waals surface area (Å²) in [5.41, 5.74) is 5.12. The summed E-state index contributed by atoms with van der Waals surface area (Å²) >= 11 is 0. The van der Waals surface area contributed by atoms with Gasteiger partial charge in [0.15, 0.2) is 5.96 Å². The summed E-state index contributed by atoms with van der Waals surface area (Å²) in [6.07, 6.45) is 2.91. The molecule has 23 heavy (non-hydrogen) atoms. The normalized spacial score (nSPS) is 14.0. The molecule has 0 atom stereocenters. The highest BCUT2D eigenvalue weighted by atomic mass is 127. The van der Waals surface area contributed by atoms with E-state index in [0.29, 0.717) is 6.54 Å². The Morgan fingerprint density at radius 2 is 2.00 bits per heavy atom. The van der Waals surface area contributed by atoms with Crippen LogP contribution in [-0.2, 0) is 19.5 Å². The molecule has 2 heterocycles. The SMILES string of the molecule is CN=C(NCc1ncccc1C)N1CCc2ccccc2C1.I. The van der Waals surface area contributed by atoms with Gasteiger partial charge in [0, 0.05) is 26.3 Å². The Morgan fingerprint density at radius 1 is 1.22 bits per heavy atom. The van der Waals surface area contributed by atoms with E-state index in [1.54, 1.807) is 0 Å². The van der Waals surface area contributed by atoms with Crippen molar-refractivity contribution in [2.45, 2.75) is 26.4 Å². The Hall–Kier alpha value is -1.63. The van der Waals surface area contributed by atoms with Crippen LogP contribution in [0.1, 0.15) is 22.4 Å². The standard InChI is InChI=1S/C18H22N4.HI/c1-14-6-5-10-20-17(14)12-21-18(19-2)22-11-9-15-7-3-4-8-16(15)13-22;/h3-8,10H,9,11-13H2,1-2H3,(H,19,21);1H. The quantitative estimate of drug-likeness (QED) is 0.459. The smallest absolute Gasteiger partial charge is 0.194 e. The van der Waals surface area contributed by atoms with E-state index in [4.69, 9.17) is 0 Å². The number of aliphatic imine (C=N–C) groups is 1. The van der Waals surface area contributed by atoms with Crippen molar-refractivity contribution in [3.05, 3.63) is 65.0 Å². The molecule has 0 radical (unpaired) electrons. The van der Waals surface area contributed by atoms with Crippen LogP contribution in [0.5, 0.6) is 0 Å². The maximum atomic E-state index is 4.43. The van der Waals surface area contributed by atoms with Crippen molar-refractivity contribution in [1.29, 1.82) is 0 Å². The lowest BCUT2D eigenvalue weighted by molar-refractivity contribution is 0.378. The molecule has 0 saturated carbocycles. The second kappa shape index (κ2) is 8.29. The fourth-order valence-electron chi connectivity index (χ4n) is 2.88.